The van der Waals surface area contributed by atoms with Gasteiger partial charge in [0.15, 0.2) is 5.65 Å². The molecule has 2 rings (SSSR count). The summed E-state index contributed by atoms with van der Waals surface area (Å²) < 4.78 is 23.1. The van der Waals surface area contributed by atoms with Crippen molar-refractivity contribution >= 4 is 25.4 Å². The average molecular weight is 218 g/mol. The summed E-state index contributed by atoms with van der Waals surface area (Å²) in [6.07, 6.45) is 2.64. The first-order valence-electron chi connectivity index (χ1n) is 3.31. The minimum absolute atomic E-state index is 0.00664. The van der Waals surface area contributed by atoms with Gasteiger partial charge in [0, 0.05) is 10.7 Å². The van der Waals surface area contributed by atoms with Crippen LogP contribution in [0.25, 0.3) is 5.65 Å². The highest BCUT2D eigenvalue weighted by Gasteiger charge is 2.10. The highest BCUT2D eigenvalue weighted by Crippen LogP contribution is 2.14. The summed E-state index contributed by atoms with van der Waals surface area (Å²) in [4.78, 5) is 3.86. The van der Waals surface area contributed by atoms with Gasteiger partial charge >= 0.3 is 0 Å². The molecule has 2 aromatic heterocycles. The Balaban J connectivity index is 2.75. The number of hydrogen-bond donors (Lipinski definition) is 0. The van der Waals surface area contributed by atoms with Crippen molar-refractivity contribution in [2.24, 2.45) is 0 Å². The Morgan fingerprint density at radius 3 is 2.85 bits per heavy atom. The Morgan fingerprint density at radius 2 is 2.15 bits per heavy atom. The summed E-state index contributed by atoms with van der Waals surface area (Å²) >= 11 is 0. The molecule has 0 aliphatic heterocycles. The molecule has 0 fully saturated rings. The lowest BCUT2D eigenvalue weighted by molar-refractivity contribution is 0.608. The van der Waals surface area contributed by atoms with Gasteiger partial charge in [-0.15, -0.1) is 0 Å². The second-order valence-corrected chi connectivity index (χ2v) is 4.93. The van der Waals surface area contributed by atoms with Crippen LogP contribution in [0.5, 0.6) is 0 Å². The van der Waals surface area contributed by atoms with Crippen LogP contribution in [-0.4, -0.2) is 23.0 Å². The van der Waals surface area contributed by atoms with E-state index < -0.39 is 9.05 Å². The number of hydrogen-bond acceptors (Lipinski definition) is 4. The Labute approximate surface area is 78.4 Å². The molecule has 68 valence electrons. The molecule has 0 radical (unpaired) electrons. The van der Waals surface area contributed by atoms with Crippen LogP contribution in [0.2, 0.25) is 0 Å². The standard InChI is InChI=1S/C6H4ClN3O2S/c7-13(11,12)5-1-2-6-8-4-9-10(6)3-5/h1-4H. The van der Waals surface area contributed by atoms with E-state index >= 15 is 0 Å². The minimum atomic E-state index is -3.69. The third kappa shape index (κ3) is 1.50. The first-order chi connectivity index (χ1) is 6.07. The van der Waals surface area contributed by atoms with E-state index in [1.165, 1.54) is 29.2 Å². The van der Waals surface area contributed by atoms with Crippen molar-refractivity contribution in [2.45, 2.75) is 4.90 Å². The maximum absolute atomic E-state index is 10.9. The van der Waals surface area contributed by atoms with Crippen LogP contribution in [0.4, 0.5) is 0 Å². The topological polar surface area (TPSA) is 64.3 Å². The van der Waals surface area contributed by atoms with Crippen LogP contribution >= 0.6 is 10.7 Å². The number of nitrogens with zero attached hydrogens (tertiary/aromatic N) is 3. The van der Waals surface area contributed by atoms with Crippen molar-refractivity contribution < 1.29 is 8.42 Å². The van der Waals surface area contributed by atoms with Crippen LogP contribution in [-0.2, 0) is 9.05 Å². The molecular weight excluding hydrogens is 214 g/mol. The Kier molecular flexibility index (Phi) is 1.74. The van der Waals surface area contributed by atoms with Gasteiger partial charge in [-0.1, -0.05) is 0 Å². The highest BCUT2D eigenvalue weighted by atomic mass is 35.7. The van der Waals surface area contributed by atoms with E-state index in [0.717, 1.165) is 0 Å². The van der Waals surface area contributed by atoms with Crippen LogP contribution in [0, 0.1) is 0 Å². The van der Waals surface area contributed by atoms with E-state index in [9.17, 15) is 8.42 Å². The maximum Gasteiger partial charge on any atom is 0.262 e. The highest BCUT2D eigenvalue weighted by molar-refractivity contribution is 8.13. The van der Waals surface area contributed by atoms with Gasteiger partial charge in [-0.2, -0.15) is 5.10 Å². The first-order valence-corrected chi connectivity index (χ1v) is 5.62. The van der Waals surface area contributed by atoms with Gasteiger partial charge in [-0.25, -0.2) is 17.9 Å². The molecule has 0 saturated heterocycles. The molecule has 0 N–H and O–H groups in total. The molecule has 0 atom stereocenters. The molecule has 5 nitrogen and oxygen atoms in total. The normalized spacial score (nSPS) is 12.1. The van der Waals surface area contributed by atoms with Crippen LogP contribution in [0.15, 0.2) is 29.6 Å². The Morgan fingerprint density at radius 1 is 1.38 bits per heavy atom. The van der Waals surface area contributed by atoms with Crippen LogP contribution < -0.4 is 0 Å². The smallest absolute Gasteiger partial charge is 0.220 e. The summed E-state index contributed by atoms with van der Waals surface area (Å²) in [6, 6.07) is 2.91. The number of aromatic nitrogens is 3. The van der Waals surface area contributed by atoms with E-state index in [1.54, 1.807) is 0 Å². The van der Waals surface area contributed by atoms with E-state index in [-0.39, 0.29) is 4.90 Å². The number of fused-ring (bicyclic) bond motifs is 1. The predicted molar refractivity (Wildman–Crippen MR) is 46.0 cm³/mol. The summed E-state index contributed by atoms with van der Waals surface area (Å²) in [5, 5.41) is 3.78. The quantitative estimate of drug-likeness (QED) is 0.659. The zero-order valence-electron chi connectivity index (χ0n) is 6.25. The molecule has 2 heterocycles. The summed E-state index contributed by atoms with van der Waals surface area (Å²) in [6.45, 7) is 0. The lowest BCUT2D eigenvalue weighted by atomic mass is 10.5. The number of rotatable bonds is 1. The summed E-state index contributed by atoms with van der Waals surface area (Å²) in [5.74, 6) is 0. The Bertz CT molecular complexity index is 548. The van der Waals surface area contributed by atoms with Crippen molar-refractivity contribution in [3.8, 4) is 0 Å². The molecule has 0 unspecified atom stereocenters. The molecule has 0 aliphatic carbocycles. The maximum atomic E-state index is 10.9. The second kappa shape index (κ2) is 2.68. The van der Waals surface area contributed by atoms with Gasteiger partial charge < -0.3 is 0 Å². The van der Waals surface area contributed by atoms with Crippen molar-refractivity contribution in [3.05, 3.63) is 24.7 Å². The van der Waals surface area contributed by atoms with Gasteiger partial charge in [0.05, 0.1) is 6.20 Å². The lowest BCUT2D eigenvalue weighted by Gasteiger charge is -1.95. The van der Waals surface area contributed by atoms with E-state index in [1.807, 2.05) is 0 Å². The lowest BCUT2D eigenvalue weighted by Crippen LogP contribution is -1.95. The summed E-state index contributed by atoms with van der Waals surface area (Å²) in [5.41, 5.74) is 0.573. The zero-order chi connectivity index (χ0) is 9.47. The third-order valence-electron chi connectivity index (χ3n) is 1.53. The first kappa shape index (κ1) is 8.46. The van der Waals surface area contributed by atoms with Crippen molar-refractivity contribution in [1.82, 2.24) is 14.6 Å². The largest absolute Gasteiger partial charge is 0.262 e. The molecule has 0 aromatic carbocycles. The molecule has 0 bridgehead atoms. The number of halogens is 1. The van der Waals surface area contributed by atoms with E-state index in [0.29, 0.717) is 5.65 Å². The molecular formula is C6H4ClN3O2S. The zero-order valence-corrected chi connectivity index (χ0v) is 7.83. The van der Waals surface area contributed by atoms with Crippen molar-refractivity contribution in [2.75, 3.05) is 0 Å². The van der Waals surface area contributed by atoms with E-state index in [4.69, 9.17) is 10.7 Å². The number of pyridine rings is 1. The average Bonchev–Trinajstić information content (AvgIpc) is 2.47. The molecule has 2 aromatic rings. The molecule has 0 amide bonds. The molecule has 13 heavy (non-hydrogen) atoms. The molecule has 0 spiro atoms. The van der Waals surface area contributed by atoms with Crippen molar-refractivity contribution in [1.29, 1.82) is 0 Å². The Hall–Kier alpha value is -1.14. The molecule has 7 heteroatoms. The van der Waals surface area contributed by atoms with Gasteiger partial charge in [0.2, 0.25) is 0 Å². The fraction of sp³-hybridized carbons (Fsp3) is 0. The molecule has 0 aliphatic rings. The monoisotopic (exact) mass is 217 g/mol. The predicted octanol–water partition coefficient (Wildman–Crippen LogP) is 0.657. The van der Waals surface area contributed by atoms with Gasteiger partial charge in [0.25, 0.3) is 9.05 Å². The molecule has 0 saturated carbocycles. The van der Waals surface area contributed by atoms with Gasteiger partial charge in [-0.05, 0) is 12.1 Å². The van der Waals surface area contributed by atoms with Gasteiger partial charge in [-0.3, -0.25) is 0 Å². The minimum Gasteiger partial charge on any atom is -0.220 e. The third-order valence-corrected chi connectivity index (χ3v) is 2.87. The summed E-state index contributed by atoms with van der Waals surface area (Å²) in [7, 11) is 1.45. The van der Waals surface area contributed by atoms with Crippen LogP contribution in [0.3, 0.4) is 0 Å². The van der Waals surface area contributed by atoms with Crippen LogP contribution in [0.1, 0.15) is 0 Å². The fourth-order valence-electron chi connectivity index (χ4n) is 0.942. The van der Waals surface area contributed by atoms with Crippen molar-refractivity contribution in [3.63, 3.8) is 0 Å². The van der Waals surface area contributed by atoms with Gasteiger partial charge in [0.1, 0.15) is 11.2 Å². The second-order valence-electron chi connectivity index (χ2n) is 2.37. The SMILES string of the molecule is O=S(=O)(Cl)c1ccc2ncnn2c1. The fourth-order valence-corrected chi connectivity index (χ4v) is 1.67. The van der Waals surface area contributed by atoms with E-state index in [2.05, 4.69) is 10.1 Å².